The highest BCUT2D eigenvalue weighted by Gasteiger charge is 2.35. The predicted octanol–water partition coefficient (Wildman–Crippen LogP) is 3.64. The summed E-state index contributed by atoms with van der Waals surface area (Å²) in [7, 11) is 1.22. The zero-order chi connectivity index (χ0) is 22.4. The van der Waals surface area contributed by atoms with E-state index in [1.807, 2.05) is 0 Å². The third kappa shape index (κ3) is 2.84. The summed E-state index contributed by atoms with van der Waals surface area (Å²) >= 11 is 0. The van der Waals surface area contributed by atoms with Crippen molar-refractivity contribution in [3.8, 4) is 16.8 Å². The molecule has 7 nitrogen and oxygen atoms in total. The van der Waals surface area contributed by atoms with Crippen LogP contribution in [0.4, 0.5) is 4.39 Å². The van der Waals surface area contributed by atoms with E-state index in [1.54, 1.807) is 48.5 Å². The maximum Gasteiger partial charge on any atom is 0.338 e. The number of methoxy groups -OCH3 is 1. The van der Waals surface area contributed by atoms with Gasteiger partial charge in [0.05, 0.1) is 18.4 Å². The molecule has 156 valence electrons. The Morgan fingerprint density at radius 1 is 0.875 bits per heavy atom. The standard InChI is InChI=1S/C24H14FN3O4/c1-32-24(31)18-12-13(10-11-14(18)15-6-4-5-9-19(15)25)28-21-20(26-27-28)22(29)16-7-2-3-8-17(16)23(21)30/h2-12H,1H3. The van der Waals surface area contributed by atoms with Crippen molar-refractivity contribution < 1.29 is 23.5 Å². The predicted molar refractivity (Wildman–Crippen MR) is 111 cm³/mol. The van der Waals surface area contributed by atoms with Gasteiger partial charge in [-0.1, -0.05) is 53.7 Å². The van der Waals surface area contributed by atoms with Gasteiger partial charge in [0.1, 0.15) is 11.5 Å². The topological polar surface area (TPSA) is 91.2 Å². The van der Waals surface area contributed by atoms with Crippen molar-refractivity contribution in [1.82, 2.24) is 15.0 Å². The minimum atomic E-state index is -0.688. The summed E-state index contributed by atoms with van der Waals surface area (Å²) in [5.41, 5.74) is 1.39. The Kier molecular flexibility index (Phi) is 4.48. The highest BCUT2D eigenvalue weighted by molar-refractivity contribution is 6.27. The molecule has 0 saturated carbocycles. The SMILES string of the molecule is COC(=O)c1cc(-n2nnc3c2C(=O)c2ccccc2C3=O)ccc1-c1ccccc1F. The molecule has 1 heterocycles. The van der Waals surface area contributed by atoms with Crippen molar-refractivity contribution in [2.75, 3.05) is 7.11 Å². The van der Waals surface area contributed by atoms with E-state index >= 15 is 0 Å². The summed E-state index contributed by atoms with van der Waals surface area (Å²) < 4.78 is 20.5. The van der Waals surface area contributed by atoms with Gasteiger partial charge in [-0.2, -0.15) is 0 Å². The molecular formula is C24H14FN3O4. The van der Waals surface area contributed by atoms with Crippen LogP contribution in [0, 0.1) is 5.82 Å². The third-order valence-corrected chi connectivity index (χ3v) is 5.33. The minimum Gasteiger partial charge on any atom is -0.465 e. The van der Waals surface area contributed by atoms with Gasteiger partial charge in [0.25, 0.3) is 0 Å². The summed E-state index contributed by atoms with van der Waals surface area (Å²) in [5, 5.41) is 7.92. The first-order chi connectivity index (χ1) is 15.5. The number of aromatic nitrogens is 3. The minimum absolute atomic E-state index is 0.00292. The number of rotatable bonds is 3. The molecular weight excluding hydrogens is 413 g/mol. The van der Waals surface area contributed by atoms with Crippen LogP contribution >= 0.6 is 0 Å². The first kappa shape index (κ1) is 19.5. The van der Waals surface area contributed by atoms with Crippen LogP contribution in [0.3, 0.4) is 0 Å². The van der Waals surface area contributed by atoms with Crippen LogP contribution in [-0.2, 0) is 4.74 Å². The molecule has 0 unspecified atom stereocenters. The van der Waals surface area contributed by atoms with Crippen molar-refractivity contribution in [2.45, 2.75) is 0 Å². The van der Waals surface area contributed by atoms with E-state index in [0.29, 0.717) is 11.3 Å². The molecule has 0 N–H and O–H groups in total. The molecule has 0 fully saturated rings. The van der Waals surface area contributed by atoms with Crippen molar-refractivity contribution in [3.05, 3.63) is 101 Å². The zero-order valence-corrected chi connectivity index (χ0v) is 16.7. The monoisotopic (exact) mass is 427 g/mol. The smallest absolute Gasteiger partial charge is 0.338 e. The number of ether oxygens (including phenoxy) is 1. The van der Waals surface area contributed by atoms with Crippen LogP contribution in [0.1, 0.15) is 42.5 Å². The number of halogens is 1. The number of ketones is 2. The lowest BCUT2D eigenvalue weighted by atomic mass is 9.90. The summed E-state index contributed by atoms with van der Waals surface area (Å²) in [5.74, 6) is -2.00. The van der Waals surface area contributed by atoms with E-state index in [0.717, 1.165) is 0 Å². The van der Waals surface area contributed by atoms with Crippen molar-refractivity contribution >= 4 is 17.5 Å². The fraction of sp³-hybridized carbons (Fsp3) is 0.0417. The second-order valence-electron chi connectivity index (χ2n) is 7.10. The fourth-order valence-electron chi connectivity index (χ4n) is 3.81. The lowest BCUT2D eigenvalue weighted by molar-refractivity contribution is 0.0601. The Balaban J connectivity index is 1.69. The first-order valence-electron chi connectivity index (χ1n) is 9.63. The van der Waals surface area contributed by atoms with E-state index in [-0.39, 0.29) is 33.6 Å². The number of carbonyl (C=O) groups is 3. The molecule has 0 atom stereocenters. The largest absolute Gasteiger partial charge is 0.465 e. The highest BCUT2D eigenvalue weighted by atomic mass is 19.1. The molecule has 0 amide bonds. The molecule has 32 heavy (non-hydrogen) atoms. The van der Waals surface area contributed by atoms with E-state index < -0.39 is 23.4 Å². The number of nitrogens with zero attached hydrogens (tertiary/aromatic N) is 3. The van der Waals surface area contributed by atoms with Gasteiger partial charge in [-0.15, -0.1) is 5.10 Å². The lowest BCUT2D eigenvalue weighted by Gasteiger charge is -2.15. The van der Waals surface area contributed by atoms with Crippen LogP contribution in [0.25, 0.3) is 16.8 Å². The van der Waals surface area contributed by atoms with Gasteiger partial charge in [-0.3, -0.25) is 9.59 Å². The molecule has 0 bridgehead atoms. The Labute approximate surface area is 181 Å². The molecule has 0 radical (unpaired) electrons. The van der Waals surface area contributed by atoms with Crippen LogP contribution in [0.15, 0.2) is 66.7 Å². The highest BCUT2D eigenvalue weighted by Crippen LogP contribution is 2.31. The lowest BCUT2D eigenvalue weighted by Crippen LogP contribution is -2.23. The van der Waals surface area contributed by atoms with E-state index in [2.05, 4.69) is 10.3 Å². The first-order valence-corrected chi connectivity index (χ1v) is 9.63. The van der Waals surface area contributed by atoms with Gasteiger partial charge in [0, 0.05) is 16.7 Å². The molecule has 0 spiro atoms. The van der Waals surface area contributed by atoms with Crippen molar-refractivity contribution in [2.24, 2.45) is 0 Å². The van der Waals surface area contributed by atoms with Crippen LogP contribution < -0.4 is 0 Å². The Hall–Kier alpha value is -4.46. The molecule has 0 saturated heterocycles. The maximum absolute atomic E-state index is 14.4. The zero-order valence-electron chi connectivity index (χ0n) is 16.7. The van der Waals surface area contributed by atoms with Gasteiger partial charge in [-0.25, -0.2) is 13.9 Å². The number of benzene rings is 3. The fourth-order valence-corrected chi connectivity index (χ4v) is 3.81. The molecule has 1 aromatic heterocycles. The average Bonchev–Trinajstić information content (AvgIpc) is 3.28. The van der Waals surface area contributed by atoms with Gasteiger partial charge in [0.15, 0.2) is 5.69 Å². The second kappa shape index (κ2) is 7.35. The molecule has 4 aromatic rings. The Bertz CT molecular complexity index is 1440. The Morgan fingerprint density at radius 3 is 2.22 bits per heavy atom. The average molecular weight is 427 g/mol. The number of hydrogen-bond acceptors (Lipinski definition) is 6. The van der Waals surface area contributed by atoms with E-state index in [4.69, 9.17) is 4.74 Å². The summed E-state index contributed by atoms with van der Waals surface area (Å²) in [6.07, 6.45) is 0. The quantitative estimate of drug-likeness (QED) is 0.409. The summed E-state index contributed by atoms with van der Waals surface area (Å²) in [6.45, 7) is 0. The van der Waals surface area contributed by atoms with Crippen LogP contribution in [0.5, 0.6) is 0 Å². The van der Waals surface area contributed by atoms with E-state index in [9.17, 15) is 18.8 Å². The van der Waals surface area contributed by atoms with Crippen LogP contribution in [-0.4, -0.2) is 39.6 Å². The molecule has 1 aliphatic rings. The number of fused-ring (bicyclic) bond motifs is 2. The molecule has 5 rings (SSSR count). The molecule has 1 aliphatic carbocycles. The van der Waals surface area contributed by atoms with E-state index in [1.165, 1.54) is 30.0 Å². The summed E-state index contributed by atoms with van der Waals surface area (Å²) in [4.78, 5) is 38.4. The second-order valence-corrected chi connectivity index (χ2v) is 7.10. The molecule has 3 aromatic carbocycles. The van der Waals surface area contributed by atoms with Crippen molar-refractivity contribution in [1.29, 1.82) is 0 Å². The third-order valence-electron chi connectivity index (χ3n) is 5.33. The van der Waals surface area contributed by atoms with Crippen molar-refractivity contribution in [3.63, 3.8) is 0 Å². The Morgan fingerprint density at radius 2 is 1.53 bits per heavy atom. The van der Waals surface area contributed by atoms with Gasteiger partial charge in [-0.05, 0) is 23.8 Å². The number of esters is 1. The normalized spacial score (nSPS) is 12.3. The number of carbonyl (C=O) groups excluding carboxylic acids is 3. The maximum atomic E-state index is 14.4. The van der Waals surface area contributed by atoms with Gasteiger partial charge >= 0.3 is 5.97 Å². The summed E-state index contributed by atoms with van der Waals surface area (Å²) in [6, 6.07) is 17.1. The molecule has 8 heteroatoms. The molecule has 0 aliphatic heterocycles. The van der Waals surface area contributed by atoms with Crippen LogP contribution in [0.2, 0.25) is 0 Å². The van der Waals surface area contributed by atoms with Gasteiger partial charge in [0.2, 0.25) is 11.6 Å². The number of hydrogen-bond donors (Lipinski definition) is 0. The van der Waals surface area contributed by atoms with Gasteiger partial charge < -0.3 is 4.74 Å².